The molecular formula is C18H22O4S2. The zero-order valence-corrected chi connectivity index (χ0v) is 14.7. The zero-order chi connectivity index (χ0) is 17.4. The summed E-state index contributed by atoms with van der Waals surface area (Å²) < 4.78 is 0. The minimum absolute atomic E-state index is 0.328. The van der Waals surface area contributed by atoms with E-state index in [-0.39, 0.29) is 0 Å². The van der Waals surface area contributed by atoms with Gasteiger partial charge in [-0.25, -0.2) is 0 Å². The van der Waals surface area contributed by atoms with Gasteiger partial charge in [0, 0.05) is 11.5 Å². The third kappa shape index (κ3) is 5.81. The van der Waals surface area contributed by atoms with Crippen LogP contribution in [0.4, 0.5) is 0 Å². The maximum Gasteiger partial charge on any atom is 0.106 e. The van der Waals surface area contributed by atoms with Crippen LogP contribution in [0.3, 0.4) is 0 Å². The highest BCUT2D eigenvalue weighted by molar-refractivity contribution is 8.76. The Kier molecular flexibility index (Phi) is 8.11. The first-order valence-corrected chi connectivity index (χ1v) is 10.1. The summed E-state index contributed by atoms with van der Waals surface area (Å²) in [5.74, 6) is 0.657. The Hall–Kier alpha value is -1.02. The van der Waals surface area contributed by atoms with E-state index in [1.165, 1.54) is 21.6 Å². The molecule has 4 nitrogen and oxygen atoms in total. The van der Waals surface area contributed by atoms with Gasteiger partial charge in [0.05, 0.1) is 12.2 Å². The van der Waals surface area contributed by atoms with Gasteiger partial charge in [-0.2, -0.15) is 0 Å². The van der Waals surface area contributed by atoms with E-state index < -0.39 is 24.4 Å². The van der Waals surface area contributed by atoms with Crippen LogP contribution in [0, 0.1) is 0 Å². The minimum Gasteiger partial charge on any atom is -0.389 e. The van der Waals surface area contributed by atoms with Gasteiger partial charge >= 0.3 is 0 Å². The maximum absolute atomic E-state index is 10.1. The largest absolute Gasteiger partial charge is 0.389 e. The van der Waals surface area contributed by atoms with Crippen LogP contribution in [0.25, 0.3) is 0 Å². The Morgan fingerprint density at radius 2 is 0.917 bits per heavy atom. The molecule has 0 heterocycles. The number of rotatable bonds is 9. The number of hydrogen-bond acceptors (Lipinski definition) is 6. The standard InChI is InChI=1S/C18H22O4S2/c19-15(17(21)13-7-3-1-4-8-13)11-23-24-12-16(20)18(22)14-9-5-2-6-10-14/h1-10,15-22H,11-12H2/t15-,16-,17-,18-/m1/s1. The van der Waals surface area contributed by atoms with Gasteiger partial charge in [-0.1, -0.05) is 82.3 Å². The molecule has 4 atom stereocenters. The van der Waals surface area contributed by atoms with E-state index in [1.54, 1.807) is 24.3 Å². The van der Waals surface area contributed by atoms with Crippen molar-refractivity contribution in [3.05, 3.63) is 71.8 Å². The summed E-state index contributed by atoms with van der Waals surface area (Å²) in [6.45, 7) is 0. The quantitative estimate of drug-likeness (QED) is 0.403. The fraction of sp³-hybridized carbons (Fsp3) is 0.333. The SMILES string of the molecule is O[C@H](CSSC[C@@H](O)[C@H](O)c1ccccc1)[C@H](O)c1ccccc1. The summed E-state index contributed by atoms with van der Waals surface area (Å²) >= 11 is 0. The Balaban J connectivity index is 1.70. The topological polar surface area (TPSA) is 80.9 Å². The van der Waals surface area contributed by atoms with Crippen molar-refractivity contribution in [3.63, 3.8) is 0 Å². The maximum atomic E-state index is 10.1. The Labute approximate surface area is 150 Å². The highest BCUT2D eigenvalue weighted by atomic mass is 33.1. The van der Waals surface area contributed by atoms with E-state index >= 15 is 0 Å². The van der Waals surface area contributed by atoms with Crippen LogP contribution >= 0.6 is 21.6 Å². The van der Waals surface area contributed by atoms with Crippen molar-refractivity contribution in [3.8, 4) is 0 Å². The van der Waals surface area contributed by atoms with Crippen LogP contribution in [0.15, 0.2) is 60.7 Å². The van der Waals surface area contributed by atoms with Crippen molar-refractivity contribution in [2.45, 2.75) is 24.4 Å². The number of hydrogen-bond donors (Lipinski definition) is 4. The molecule has 0 unspecified atom stereocenters. The molecule has 0 saturated carbocycles. The molecule has 0 fully saturated rings. The lowest BCUT2D eigenvalue weighted by Gasteiger charge is -2.19. The molecule has 0 aliphatic rings. The van der Waals surface area contributed by atoms with Gasteiger partial charge in [0.2, 0.25) is 0 Å². The van der Waals surface area contributed by atoms with Gasteiger partial charge in [-0.05, 0) is 11.1 Å². The Morgan fingerprint density at radius 3 is 1.25 bits per heavy atom. The van der Waals surface area contributed by atoms with Gasteiger partial charge in [0.1, 0.15) is 12.2 Å². The molecule has 2 aromatic rings. The van der Waals surface area contributed by atoms with E-state index in [4.69, 9.17) is 0 Å². The molecule has 0 aliphatic carbocycles. The van der Waals surface area contributed by atoms with Crippen LogP contribution in [0.2, 0.25) is 0 Å². The molecular weight excluding hydrogens is 344 g/mol. The van der Waals surface area contributed by atoms with Crippen molar-refractivity contribution in [1.29, 1.82) is 0 Å². The molecule has 0 aliphatic heterocycles. The predicted octanol–water partition coefficient (Wildman–Crippen LogP) is 2.56. The van der Waals surface area contributed by atoms with E-state index in [9.17, 15) is 20.4 Å². The molecule has 2 aromatic carbocycles. The van der Waals surface area contributed by atoms with Gasteiger partial charge in [-0.3, -0.25) is 0 Å². The van der Waals surface area contributed by atoms with E-state index in [0.29, 0.717) is 22.6 Å². The first-order chi connectivity index (χ1) is 11.6. The van der Waals surface area contributed by atoms with E-state index in [1.807, 2.05) is 36.4 Å². The zero-order valence-electron chi connectivity index (χ0n) is 13.1. The third-order valence-corrected chi connectivity index (χ3v) is 6.01. The average molecular weight is 367 g/mol. The summed E-state index contributed by atoms with van der Waals surface area (Å²) in [5.41, 5.74) is 1.35. The first-order valence-electron chi connectivity index (χ1n) is 7.66. The molecule has 0 saturated heterocycles. The van der Waals surface area contributed by atoms with Crippen LogP contribution < -0.4 is 0 Å². The van der Waals surface area contributed by atoms with Crippen molar-refractivity contribution in [2.75, 3.05) is 11.5 Å². The molecule has 6 heteroatoms. The van der Waals surface area contributed by atoms with E-state index in [2.05, 4.69) is 0 Å². The summed E-state index contributed by atoms with van der Waals surface area (Å²) in [7, 11) is 2.72. The normalized spacial score (nSPS) is 16.3. The molecule has 0 spiro atoms. The fourth-order valence-electron chi connectivity index (χ4n) is 2.16. The van der Waals surface area contributed by atoms with Gasteiger partial charge in [-0.15, -0.1) is 0 Å². The highest BCUT2D eigenvalue weighted by Crippen LogP contribution is 2.29. The second-order valence-electron chi connectivity index (χ2n) is 5.41. The van der Waals surface area contributed by atoms with Crippen molar-refractivity contribution in [1.82, 2.24) is 0 Å². The molecule has 0 radical (unpaired) electrons. The van der Waals surface area contributed by atoms with Crippen LogP contribution in [-0.2, 0) is 0 Å². The first kappa shape index (κ1) is 19.3. The second-order valence-corrected chi connectivity index (χ2v) is 7.97. The van der Waals surface area contributed by atoms with Gasteiger partial charge in [0.15, 0.2) is 0 Å². The predicted molar refractivity (Wildman–Crippen MR) is 99.7 cm³/mol. The number of aliphatic hydroxyl groups excluding tert-OH is 4. The highest BCUT2D eigenvalue weighted by Gasteiger charge is 2.20. The number of aliphatic hydroxyl groups is 4. The van der Waals surface area contributed by atoms with Crippen molar-refractivity contribution in [2.24, 2.45) is 0 Å². The average Bonchev–Trinajstić information content (AvgIpc) is 2.65. The van der Waals surface area contributed by atoms with Crippen LogP contribution in [0.5, 0.6) is 0 Å². The van der Waals surface area contributed by atoms with Crippen LogP contribution in [0.1, 0.15) is 23.3 Å². The smallest absolute Gasteiger partial charge is 0.106 e. The lowest BCUT2D eigenvalue weighted by Crippen LogP contribution is -2.22. The summed E-state index contributed by atoms with van der Waals surface area (Å²) in [5, 5.41) is 40.2. The number of benzene rings is 2. The molecule has 0 bridgehead atoms. The minimum atomic E-state index is -0.931. The molecule has 2 rings (SSSR count). The lowest BCUT2D eigenvalue weighted by molar-refractivity contribution is 0.0332. The molecule has 24 heavy (non-hydrogen) atoms. The molecule has 4 N–H and O–H groups in total. The molecule has 0 amide bonds. The van der Waals surface area contributed by atoms with Crippen LogP contribution in [-0.4, -0.2) is 44.1 Å². The summed E-state index contributed by atoms with van der Waals surface area (Å²) in [6, 6.07) is 18.0. The lowest BCUT2D eigenvalue weighted by atomic mass is 10.1. The molecule has 0 aromatic heterocycles. The van der Waals surface area contributed by atoms with Crippen molar-refractivity contribution < 1.29 is 20.4 Å². The fourth-order valence-corrected chi connectivity index (χ4v) is 4.41. The molecule has 130 valence electrons. The summed E-state index contributed by atoms with van der Waals surface area (Å²) in [6.07, 6.45) is -3.64. The second kappa shape index (κ2) is 10.1. The van der Waals surface area contributed by atoms with E-state index in [0.717, 1.165) is 0 Å². The van der Waals surface area contributed by atoms with Gasteiger partial charge < -0.3 is 20.4 Å². The Morgan fingerprint density at radius 1 is 0.583 bits per heavy atom. The Bertz CT molecular complexity index is 529. The summed E-state index contributed by atoms with van der Waals surface area (Å²) in [4.78, 5) is 0. The monoisotopic (exact) mass is 366 g/mol. The van der Waals surface area contributed by atoms with Crippen molar-refractivity contribution >= 4 is 21.6 Å². The van der Waals surface area contributed by atoms with Gasteiger partial charge in [0.25, 0.3) is 0 Å². The third-order valence-electron chi connectivity index (χ3n) is 3.57.